The van der Waals surface area contributed by atoms with E-state index in [2.05, 4.69) is 40.8 Å². The van der Waals surface area contributed by atoms with E-state index in [0.717, 1.165) is 12.5 Å². The number of rotatable bonds is 2. The van der Waals surface area contributed by atoms with E-state index in [1.807, 2.05) is 11.3 Å². The van der Waals surface area contributed by atoms with Crippen LogP contribution in [0, 0.1) is 5.92 Å². The molecule has 0 aromatic carbocycles. The molecule has 0 bridgehead atoms. The predicted molar refractivity (Wildman–Crippen MR) is 79.0 cm³/mol. The molecule has 0 unspecified atom stereocenters. The van der Waals surface area contributed by atoms with E-state index >= 15 is 0 Å². The molecule has 1 fully saturated rings. The Kier molecular flexibility index (Phi) is 3.58. The normalized spacial score (nSPS) is 33.7. The third kappa shape index (κ3) is 2.17. The van der Waals surface area contributed by atoms with Crippen molar-refractivity contribution in [1.82, 2.24) is 4.90 Å². The summed E-state index contributed by atoms with van der Waals surface area (Å²) in [5.41, 5.74) is 1.92. The largest absolute Gasteiger partial charge is 0.290 e. The molecule has 1 nitrogen and oxygen atoms in total. The van der Waals surface area contributed by atoms with Crippen LogP contribution in [-0.2, 0) is 5.54 Å². The number of nitrogens with zero attached hydrogens (tertiary/aromatic N) is 1. The van der Waals surface area contributed by atoms with Gasteiger partial charge in [0.15, 0.2) is 0 Å². The molecule has 1 aliphatic carbocycles. The van der Waals surface area contributed by atoms with Crippen molar-refractivity contribution >= 4 is 11.3 Å². The average molecular weight is 261 g/mol. The summed E-state index contributed by atoms with van der Waals surface area (Å²) in [6, 6.07) is 2.36. The van der Waals surface area contributed by atoms with Gasteiger partial charge >= 0.3 is 0 Å². The van der Waals surface area contributed by atoms with Gasteiger partial charge in [-0.15, -0.1) is 0 Å². The minimum absolute atomic E-state index is 0.345. The molecule has 2 heterocycles. The van der Waals surface area contributed by atoms with Gasteiger partial charge in [-0.2, -0.15) is 11.3 Å². The maximum Gasteiger partial charge on any atom is 0.0472 e. The van der Waals surface area contributed by atoms with Crippen LogP contribution in [0.5, 0.6) is 0 Å². The fraction of sp³-hybridized carbons (Fsp3) is 0.625. The summed E-state index contributed by atoms with van der Waals surface area (Å²) in [5, 5.41) is 4.63. The monoisotopic (exact) mass is 261 g/mol. The first-order chi connectivity index (χ1) is 8.81. The first kappa shape index (κ1) is 12.4. The Labute approximate surface area is 115 Å². The lowest BCUT2D eigenvalue weighted by molar-refractivity contribution is 0.0429. The molecule has 2 aliphatic rings. The molecule has 98 valence electrons. The first-order valence-corrected chi connectivity index (χ1v) is 8.18. The lowest BCUT2D eigenvalue weighted by atomic mass is 9.72. The summed E-state index contributed by atoms with van der Waals surface area (Å²) in [6.07, 6.45) is 11.4. The average Bonchev–Trinajstić information content (AvgIpc) is 2.95. The number of hydrogen-bond donors (Lipinski definition) is 0. The van der Waals surface area contributed by atoms with Gasteiger partial charge in [0.1, 0.15) is 0 Å². The highest BCUT2D eigenvalue weighted by molar-refractivity contribution is 7.08. The molecule has 3 rings (SSSR count). The van der Waals surface area contributed by atoms with Crippen molar-refractivity contribution in [3.05, 3.63) is 34.5 Å². The molecule has 0 spiro atoms. The minimum Gasteiger partial charge on any atom is -0.290 e. The zero-order chi connectivity index (χ0) is 12.4. The van der Waals surface area contributed by atoms with Crippen LogP contribution in [0.25, 0.3) is 0 Å². The third-order valence-corrected chi connectivity index (χ3v) is 5.51. The molecule has 2 heteroatoms. The van der Waals surface area contributed by atoms with Crippen LogP contribution in [-0.4, -0.2) is 18.0 Å². The molecular formula is C16H23NS. The van der Waals surface area contributed by atoms with E-state index < -0.39 is 0 Å². The molecule has 1 saturated carbocycles. The van der Waals surface area contributed by atoms with Crippen molar-refractivity contribution in [3.8, 4) is 0 Å². The highest BCUT2D eigenvalue weighted by atomic mass is 32.1. The Hall–Kier alpha value is -0.600. The molecular weight excluding hydrogens is 238 g/mol. The van der Waals surface area contributed by atoms with Gasteiger partial charge in [0.05, 0.1) is 0 Å². The van der Waals surface area contributed by atoms with Gasteiger partial charge in [-0.25, -0.2) is 0 Å². The lowest BCUT2D eigenvalue weighted by Crippen LogP contribution is -2.49. The summed E-state index contributed by atoms with van der Waals surface area (Å²) in [4.78, 5) is 2.74. The first-order valence-electron chi connectivity index (χ1n) is 7.24. The smallest absolute Gasteiger partial charge is 0.0472 e. The fourth-order valence-corrected chi connectivity index (χ4v) is 4.33. The van der Waals surface area contributed by atoms with Gasteiger partial charge in [-0.05, 0) is 60.4 Å². The van der Waals surface area contributed by atoms with Gasteiger partial charge in [0.25, 0.3) is 0 Å². The zero-order valence-corrected chi connectivity index (χ0v) is 12.1. The van der Waals surface area contributed by atoms with Crippen LogP contribution in [0.15, 0.2) is 29.0 Å². The Morgan fingerprint density at radius 2 is 2.11 bits per heavy atom. The predicted octanol–water partition coefficient (Wildman–Crippen LogP) is 4.42. The highest BCUT2D eigenvalue weighted by Gasteiger charge is 2.40. The van der Waals surface area contributed by atoms with E-state index in [0.29, 0.717) is 5.54 Å². The van der Waals surface area contributed by atoms with Crippen LogP contribution in [0.3, 0.4) is 0 Å². The molecule has 0 saturated heterocycles. The van der Waals surface area contributed by atoms with E-state index in [9.17, 15) is 0 Å². The fourth-order valence-electron chi connectivity index (χ4n) is 3.59. The SMILES string of the molecule is CC1CCC(c2ccsc2)(N2CC=CCC2)CC1. The lowest BCUT2D eigenvalue weighted by Gasteiger charge is -2.48. The standard InChI is InChI=1S/C16H23NS/c1-14-5-8-16(9-6-14,15-7-12-18-13-15)17-10-3-2-4-11-17/h2-3,7,12-14H,4-6,8-11H2,1H3. The summed E-state index contributed by atoms with van der Waals surface area (Å²) in [7, 11) is 0. The van der Waals surface area contributed by atoms with Crippen LogP contribution in [0.1, 0.15) is 44.6 Å². The van der Waals surface area contributed by atoms with E-state index in [4.69, 9.17) is 0 Å². The van der Waals surface area contributed by atoms with E-state index in [1.54, 1.807) is 5.56 Å². The van der Waals surface area contributed by atoms with E-state index in [-0.39, 0.29) is 0 Å². The maximum atomic E-state index is 2.74. The maximum absolute atomic E-state index is 2.74. The molecule has 0 radical (unpaired) electrons. The van der Waals surface area contributed by atoms with Crippen molar-refractivity contribution in [3.63, 3.8) is 0 Å². The minimum atomic E-state index is 0.345. The van der Waals surface area contributed by atoms with Crippen LogP contribution in [0.4, 0.5) is 0 Å². The summed E-state index contributed by atoms with van der Waals surface area (Å²) >= 11 is 1.85. The third-order valence-electron chi connectivity index (χ3n) is 4.82. The van der Waals surface area contributed by atoms with Crippen molar-refractivity contribution in [2.24, 2.45) is 5.92 Å². The van der Waals surface area contributed by atoms with Gasteiger partial charge in [0.2, 0.25) is 0 Å². The second kappa shape index (κ2) is 5.18. The summed E-state index contributed by atoms with van der Waals surface area (Å²) in [5.74, 6) is 0.914. The number of hydrogen-bond acceptors (Lipinski definition) is 2. The molecule has 1 aromatic rings. The number of thiophene rings is 1. The Bertz CT molecular complexity index is 399. The van der Waals surface area contributed by atoms with Gasteiger partial charge < -0.3 is 0 Å². The van der Waals surface area contributed by atoms with Crippen LogP contribution >= 0.6 is 11.3 Å². The summed E-state index contributed by atoms with van der Waals surface area (Å²) < 4.78 is 0. The molecule has 0 amide bonds. The highest BCUT2D eigenvalue weighted by Crippen LogP contribution is 2.45. The van der Waals surface area contributed by atoms with Gasteiger partial charge in [-0.3, -0.25) is 4.90 Å². The Morgan fingerprint density at radius 3 is 2.72 bits per heavy atom. The molecule has 1 aromatic heterocycles. The second-order valence-electron chi connectivity index (χ2n) is 5.93. The van der Waals surface area contributed by atoms with Crippen LogP contribution < -0.4 is 0 Å². The van der Waals surface area contributed by atoms with Gasteiger partial charge in [0, 0.05) is 18.6 Å². The Morgan fingerprint density at radius 1 is 1.28 bits per heavy atom. The van der Waals surface area contributed by atoms with E-state index in [1.165, 1.54) is 38.6 Å². The molecule has 18 heavy (non-hydrogen) atoms. The molecule has 0 N–H and O–H groups in total. The topological polar surface area (TPSA) is 3.24 Å². The molecule has 1 aliphatic heterocycles. The van der Waals surface area contributed by atoms with Crippen LogP contribution in [0.2, 0.25) is 0 Å². The second-order valence-corrected chi connectivity index (χ2v) is 6.71. The van der Waals surface area contributed by atoms with Crippen molar-refractivity contribution in [2.45, 2.75) is 44.6 Å². The van der Waals surface area contributed by atoms with Crippen molar-refractivity contribution in [2.75, 3.05) is 13.1 Å². The van der Waals surface area contributed by atoms with Gasteiger partial charge in [-0.1, -0.05) is 19.1 Å². The summed E-state index contributed by atoms with van der Waals surface area (Å²) in [6.45, 7) is 4.79. The zero-order valence-electron chi connectivity index (χ0n) is 11.3. The van der Waals surface area contributed by atoms with Crippen molar-refractivity contribution < 1.29 is 0 Å². The molecule has 0 atom stereocenters. The Balaban J connectivity index is 1.90. The quantitative estimate of drug-likeness (QED) is 0.713. The van der Waals surface area contributed by atoms with Crippen molar-refractivity contribution in [1.29, 1.82) is 0 Å².